The van der Waals surface area contributed by atoms with Crippen LogP contribution in [0.1, 0.15) is 12.5 Å². The molecule has 0 bridgehead atoms. The Balaban J connectivity index is 1.60. The van der Waals surface area contributed by atoms with Crippen molar-refractivity contribution in [2.75, 3.05) is 43.5 Å². The van der Waals surface area contributed by atoms with Gasteiger partial charge in [-0.05, 0) is 43.7 Å². The summed E-state index contributed by atoms with van der Waals surface area (Å²) in [6.45, 7) is 7.44. The molecule has 1 amide bonds. The van der Waals surface area contributed by atoms with Crippen molar-refractivity contribution in [3.05, 3.63) is 53.1 Å². The number of rotatable bonds is 5. The first kappa shape index (κ1) is 19.5. The number of benzene rings is 2. The molecule has 1 N–H and O–H groups in total. The number of ether oxygens (including phenoxy) is 1. The van der Waals surface area contributed by atoms with Gasteiger partial charge in [-0.25, -0.2) is 0 Å². The molecule has 5 nitrogen and oxygen atoms in total. The summed E-state index contributed by atoms with van der Waals surface area (Å²) >= 11 is 6.16. The van der Waals surface area contributed by atoms with Crippen LogP contribution in [0.3, 0.4) is 0 Å². The van der Waals surface area contributed by atoms with Gasteiger partial charge in [0.1, 0.15) is 5.75 Å². The number of halogens is 1. The smallest absolute Gasteiger partial charge is 0.241 e. The second kappa shape index (κ2) is 8.63. The summed E-state index contributed by atoms with van der Waals surface area (Å²) < 4.78 is 5.31. The van der Waals surface area contributed by atoms with E-state index in [0.717, 1.165) is 31.2 Å². The van der Waals surface area contributed by atoms with E-state index in [9.17, 15) is 4.79 Å². The van der Waals surface area contributed by atoms with Crippen LogP contribution in [0.15, 0.2) is 42.5 Å². The van der Waals surface area contributed by atoms with E-state index < -0.39 is 0 Å². The maximum atomic E-state index is 12.7. The number of nitrogens with one attached hydrogen (secondary N) is 1. The van der Waals surface area contributed by atoms with Crippen LogP contribution in [-0.2, 0) is 4.79 Å². The number of hydrogen-bond acceptors (Lipinski definition) is 4. The van der Waals surface area contributed by atoms with Crippen LogP contribution < -0.4 is 15.0 Å². The highest BCUT2D eigenvalue weighted by Gasteiger charge is 2.26. The number of carbonyl (C=O) groups is 1. The Hall–Kier alpha value is -2.24. The summed E-state index contributed by atoms with van der Waals surface area (Å²) in [5.74, 6) is 0.645. The number of piperazine rings is 1. The highest BCUT2D eigenvalue weighted by atomic mass is 35.5. The molecule has 0 radical (unpaired) electrons. The van der Waals surface area contributed by atoms with Gasteiger partial charge in [-0.3, -0.25) is 9.69 Å². The molecule has 27 heavy (non-hydrogen) atoms. The molecule has 3 rings (SSSR count). The van der Waals surface area contributed by atoms with Crippen molar-refractivity contribution in [3.63, 3.8) is 0 Å². The fourth-order valence-electron chi connectivity index (χ4n) is 3.42. The van der Waals surface area contributed by atoms with Gasteiger partial charge in [0, 0.05) is 36.9 Å². The van der Waals surface area contributed by atoms with Crippen molar-refractivity contribution in [1.82, 2.24) is 4.90 Å². The molecule has 0 unspecified atom stereocenters. The van der Waals surface area contributed by atoms with Crippen LogP contribution in [0.2, 0.25) is 5.02 Å². The van der Waals surface area contributed by atoms with Crippen LogP contribution in [0.4, 0.5) is 11.4 Å². The molecular weight excluding hydrogens is 362 g/mol. The molecule has 6 heteroatoms. The fraction of sp³-hybridized carbons (Fsp3) is 0.381. The standard InChI is InChI=1S/C21H26ClN3O2/c1-15-8-9-17(22)14-19(15)25-12-10-24(11-13-25)16(2)21(26)23-18-6-4-5-7-20(18)27-3/h4-9,14,16H,10-13H2,1-3H3,(H,23,26)/t16-/m1/s1. The monoisotopic (exact) mass is 387 g/mol. The lowest BCUT2D eigenvalue weighted by atomic mass is 10.1. The lowest BCUT2D eigenvalue weighted by molar-refractivity contribution is -0.120. The van der Waals surface area contributed by atoms with Gasteiger partial charge < -0.3 is 15.0 Å². The van der Waals surface area contributed by atoms with E-state index in [-0.39, 0.29) is 11.9 Å². The minimum absolute atomic E-state index is 0.0214. The number of aryl methyl sites for hydroxylation is 1. The lowest BCUT2D eigenvalue weighted by Crippen LogP contribution is -2.53. The summed E-state index contributed by atoms with van der Waals surface area (Å²) in [6.07, 6.45) is 0. The Morgan fingerprint density at radius 2 is 1.85 bits per heavy atom. The maximum absolute atomic E-state index is 12.7. The Kier molecular flexibility index (Phi) is 6.24. The molecular formula is C21H26ClN3O2. The first-order valence-electron chi connectivity index (χ1n) is 9.18. The van der Waals surface area contributed by atoms with Crippen molar-refractivity contribution in [3.8, 4) is 5.75 Å². The van der Waals surface area contributed by atoms with Crippen molar-refractivity contribution in [2.45, 2.75) is 19.9 Å². The van der Waals surface area contributed by atoms with Gasteiger partial charge in [-0.15, -0.1) is 0 Å². The number of hydrogen-bond donors (Lipinski definition) is 1. The van der Waals surface area contributed by atoms with Gasteiger partial charge in [0.2, 0.25) is 5.91 Å². The van der Waals surface area contributed by atoms with E-state index in [1.54, 1.807) is 7.11 Å². The van der Waals surface area contributed by atoms with Crippen LogP contribution >= 0.6 is 11.6 Å². The maximum Gasteiger partial charge on any atom is 0.241 e. The van der Waals surface area contributed by atoms with E-state index in [0.29, 0.717) is 11.4 Å². The van der Waals surface area contributed by atoms with Gasteiger partial charge in [-0.1, -0.05) is 29.8 Å². The third-order valence-corrected chi connectivity index (χ3v) is 5.35. The Morgan fingerprint density at radius 3 is 2.56 bits per heavy atom. The summed E-state index contributed by atoms with van der Waals surface area (Å²) in [6, 6.07) is 13.2. The first-order chi connectivity index (χ1) is 13.0. The van der Waals surface area contributed by atoms with E-state index in [1.165, 1.54) is 11.3 Å². The second-order valence-electron chi connectivity index (χ2n) is 6.82. The summed E-state index contributed by atoms with van der Waals surface area (Å²) in [5.41, 5.74) is 3.09. The van der Waals surface area contributed by atoms with E-state index in [1.807, 2.05) is 49.4 Å². The Bertz CT molecular complexity index is 804. The molecule has 0 saturated carbocycles. The van der Waals surface area contributed by atoms with Gasteiger partial charge in [0.25, 0.3) is 0 Å². The van der Waals surface area contributed by atoms with Crippen LogP contribution in [0, 0.1) is 6.92 Å². The number of carbonyl (C=O) groups excluding carboxylic acids is 1. The number of para-hydroxylation sites is 2. The molecule has 1 aliphatic rings. The van der Waals surface area contributed by atoms with Crippen LogP contribution in [-0.4, -0.2) is 50.1 Å². The highest BCUT2D eigenvalue weighted by molar-refractivity contribution is 6.30. The van der Waals surface area contributed by atoms with Crippen LogP contribution in [0.5, 0.6) is 5.75 Å². The molecule has 2 aromatic carbocycles. The van der Waals surface area contributed by atoms with Crippen molar-refractivity contribution < 1.29 is 9.53 Å². The van der Waals surface area contributed by atoms with E-state index in [2.05, 4.69) is 22.0 Å². The first-order valence-corrected chi connectivity index (χ1v) is 9.56. The zero-order valence-electron chi connectivity index (χ0n) is 16.0. The number of nitrogens with zero attached hydrogens (tertiary/aromatic N) is 2. The third-order valence-electron chi connectivity index (χ3n) is 5.12. The molecule has 0 aliphatic carbocycles. The van der Waals surface area contributed by atoms with Gasteiger partial charge in [0.05, 0.1) is 18.8 Å². The van der Waals surface area contributed by atoms with Gasteiger partial charge >= 0.3 is 0 Å². The molecule has 0 aromatic heterocycles. The average molecular weight is 388 g/mol. The molecule has 1 saturated heterocycles. The summed E-state index contributed by atoms with van der Waals surface area (Å²) in [5, 5.41) is 3.73. The molecule has 1 heterocycles. The lowest BCUT2D eigenvalue weighted by Gasteiger charge is -2.39. The van der Waals surface area contributed by atoms with Gasteiger partial charge in [0.15, 0.2) is 0 Å². The largest absolute Gasteiger partial charge is 0.495 e. The Labute approximate surface area is 165 Å². The normalized spacial score (nSPS) is 16.1. The zero-order chi connectivity index (χ0) is 19.4. The SMILES string of the molecule is COc1ccccc1NC(=O)[C@@H](C)N1CCN(c2cc(Cl)ccc2C)CC1. The van der Waals surface area contributed by atoms with Gasteiger partial charge in [-0.2, -0.15) is 0 Å². The zero-order valence-corrected chi connectivity index (χ0v) is 16.8. The number of amides is 1. The summed E-state index contributed by atoms with van der Waals surface area (Å²) in [4.78, 5) is 17.2. The van der Waals surface area contributed by atoms with Crippen molar-refractivity contribution >= 4 is 28.9 Å². The molecule has 0 spiro atoms. The number of anilines is 2. The molecule has 1 aliphatic heterocycles. The second-order valence-corrected chi connectivity index (χ2v) is 7.26. The number of methoxy groups -OCH3 is 1. The quantitative estimate of drug-likeness (QED) is 0.847. The van der Waals surface area contributed by atoms with E-state index >= 15 is 0 Å². The summed E-state index contributed by atoms with van der Waals surface area (Å²) in [7, 11) is 1.60. The predicted molar refractivity (Wildman–Crippen MR) is 111 cm³/mol. The average Bonchev–Trinajstić information content (AvgIpc) is 2.69. The molecule has 1 atom stereocenters. The van der Waals surface area contributed by atoms with Crippen molar-refractivity contribution in [2.24, 2.45) is 0 Å². The topological polar surface area (TPSA) is 44.8 Å². The Morgan fingerprint density at radius 1 is 1.15 bits per heavy atom. The predicted octanol–water partition coefficient (Wildman–Crippen LogP) is 3.81. The molecule has 2 aromatic rings. The highest BCUT2D eigenvalue weighted by Crippen LogP contribution is 2.26. The van der Waals surface area contributed by atoms with Crippen molar-refractivity contribution in [1.29, 1.82) is 0 Å². The third kappa shape index (κ3) is 4.54. The van der Waals surface area contributed by atoms with E-state index in [4.69, 9.17) is 16.3 Å². The fourth-order valence-corrected chi connectivity index (χ4v) is 3.59. The molecule has 144 valence electrons. The molecule has 1 fully saturated rings. The van der Waals surface area contributed by atoms with Crippen LogP contribution in [0.25, 0.3) is 0 Å². The minimum atomic E-state index is -0.211. The minimum Gasteiger partial charge on any atom is -0.495 e.